The number of rotatable bonds is 2. The summed E-state index contributed by atoms with van der Waals surface area (Å²) in [6.07, 6.45) is 0.966. The van der Waals surface area contributed by atoms with Gasteiger partial charge in [0.15, 0.2) is 0 Å². The van der Waals surface area contributed by atoms with Gasteiger partial charge in [-0.2, -0.15) is 0 Å². The second-order valence-electron chi connectivity index (χ2n) is 5.66. The van der Waals surface area contributed by atoms with Gasteiger partial charge in [-0.05, 0) is 57.4 Å². The van der Waals surface area contributed by atoms with Crippen molar-refractivity contribution in [2.75, 3.05) is 16.8 Å². The van der Waals surface area contributed by atoms with Gasteiger partial charge in [0.1, 0.15) is 5.54 Å². The van der Waals surface area contributed by atoms with Crippen LogP contribution < -0.4 is 10.2 Å². The summed E-state index contributed by atoms with van der Waals surface area (Å²) in [5.74, 6) is 0.153. The number of hydrogen-bond donors (Lipinski definition) is 1. The van der Waals surface area contributed by atoms with Gasteiger partial charge in [0.05, 0.1) is 11.4 Å². The van der Waals surface area contributed by atoms with Crippen molar-refractivity contribution in [1.29, 1.82) is 0 Å². The molecular weight excluding hydrogens is 224 g/mol. The van der Waals surface area contributed by atoms with Crippen LogP contribution in [-0.2, 0) is 4.79 Å². The molecule has 1 aliphatic heterocycles. The van der Waals surface area contributed by atoms with Crippen molar-refractivity contribution >= 4 is 17.3 Å². The van der Waals surface area contributed by atoms with Crippen LogP contribution in [0.1, 0.15) is 38.3 Å². The van der Waals surface area contributed by atoms with Crippen molar-refractivity contribution in [2.24, 2.45) is 0 Å². The average Bonchev–Trinajstić information content (AvgIpc) is 2.28. The van der Waals surface area contributed by atoms with E-state index in [1.807, 2.05) is 18.7 Å². The van der Waals surface area contributed by atoms with Crippen LogP contribution in [0.2, 0.25) is 0 Å². The average molecular weight is 246 g/mol. The molecule has 0 spiro atoms. The molecule has 0 unspecified atom stereocenters. The summed E-state index contributed by atoms with van der Waals surface area (Å²) in [6, 6.07) is 4.25. The highest BCUT2D eigenvalue weighted by molar-refractivity contribution is 6.07. The highest BCUT2D eigenvalue weighted by Gasteiger charge is 2.38. The second-order valence-corrected chi connectivity index (χ2v) is 5.66. The molecule has 0 aromatic heterocycles. The van der Waals surface area contributed by atoms with E-state index >= 15 is 0 Å². The van der Waals surface area contributed by atoms with Crippen LogP contribution in [0, 0.1) is 13.8 Å². The van der Waals surface area contributed by atoms with Gasteiger partial charge < -0.3 is 10.2 Å². The molecule has 3 heteroatoms. The number of anilines is 2. The molecule has 0 fully saturated rings. The molecule has 0 aliphatic carbocycles. The molecule has 0 radical (unpaired) electrons. The van der Waals surface area contributed by atoms with Crippen molar-refractivity contribution in [1.82, 2.24) is 0 Å². The molecule has 0 saturated carbocycles. The van der Waals surface area contributed by atoms with Gasteiger partial charge in [-0.25, -0.2) is 0 Å². The lowest BCUT2D eigenvalue weighted by molar-refractivity contribution is -0.122. The summed E-state index contributed by atoms with van der Waals surface area (Å²) in [6.45, 7) is 10.9. The summed E-state index contributed by atoms with van der Waals surface area (Å²) in [4.78, 5) is 14.4. The molecule has 0 bridgehead atoms. The van der Waals surface area contributed by atoms with Crippen molar-refractivity contribution in [3.05, 3.63) is 23.3 Å². The van der Waals surface area contributed by atoms with Crippen molar-refractivity contribution in [2.45, 2.75) is 46.6 Å². The summed E-state index contributed by atoms with van der Waals surface area (Å²) >= 11 is 0. The minimum atomic E-state index is -0.524. The predicted octanol–water partition coefficient (Wildman–Crippen LogP) is 3.25. The third-order valence-electron chi connectivity index (χ3n) is 3.58. The standard InChI is InChI=1S/C15H22N2O/c1-6-7-17-13-9-11(3)10(2)8-12(13)16-15(4,5)14(17)18/h8-9,16H,6-7H2,1-5H3. The van der Waals surface area contributed by atoms with Crippen LogP contribution >= 0.6 is 0 Å². The van der Waals surface area contributed by atoms with Crippen molar-refractivity contribution < 1.29 is 4.79 Å². The maximum atomic E-state index is 12.5. The minimum absolute atomic E-state index is 0.153. The fourth-order valence-corrected chi connectivity index (χ4v) is 2.41. The molecule has 1 heterocycles. The van der Waals surface area contributed by atoms with Crippen molar-refractivity contribution in [3.8, 4) is 0 Å². The maximum absolute atomic E-state index is 12.5. The highest BCUT2D eigenvalue weighted by Crippen LogP contribution is 2.37. The Morgan fingerprint density at radius 1 is 1.22 bits per heavy atom. The van der Waals surface area contributed by atoms with E-state index in [1.165, 1.54) is 11.1 Å². The first kappa shape index (κ1) is 12.9. The molecular formula is C15H22N2O. The molecule has 1 aromatic rings. The van der Waals surface area contributed by atoms with Crippen LogP contribution in [0.25, 0.3) is 0 Å². The van der Waals surface area contributed by atoms with Crippen LogP contribution in [0.4, 0.5) is 11.4 Å². The number of fused-ring (bicyclic) bond motifs is 1. The Morgan fingerprint density at radius 3 is 2.44 bits per heavy atom. The van der Waals surface area contributed by atoms with Crippen LogP contribution in [-0.4, -0.2) is 18.0 Å². The van der Waals surface area contributed by atoms with E-state index in [4.69, 9.17) is 0 Å². The van der Waals surface area contributed by atoms with Gasteiger partial charge in [0, 0.05) is 6.54 Å². The number of carbonyl (C=O) groups excluding carboxylic acids is 1. The lowest BCUT2D eigenvalue weighted by Gasteiger charge is -2.40. The van der Waals surface area contributed by atoms with E-state index in [0.717, 1.165) is 24.3 Å². The zero-order valence-electron chi connectivity index (χ0n) is 11.9. The number of aryl methyl sites for hydroxylation is 2. The Balaban J connectivity index is 2.56. The molecule has 3 nitrogen and oxygen atoms in total. The third kappa shape index (κ3) is 1.98. The molecule has 0 saturated heterocycles. The Bertz CT molecular complexity index is 492. The highest BCUT2D eigenvalue weighted by atomic mass is 16.2. The molecule has 2 rings (SSSR count). The first-order valence-corrected chi connectivity index (χ1v) is 6.58. The Morgan fingerprint density at radius 2 is 1.83 bits per heavy atom. The van der Waals surface area contributed by atoms with Crippen LogP contribution in [0.3, 0.4) is 0 Å². The first-order valence-electron chi connectivity index (χ1n) is 6.58. The Kier molecular flexibility index (Phi) is 3.09. The lowest BCUT2D eigenvalue weighted by atomic mass is 9.96. The van der Waals surface area contributed by atoms with E-state index in [9.17, 15) is 4.79 Å². The predicted molar refractivity (Wildman–Crippen MR) is 76.3 cm³/mol. The zero-order valence-corrected chi connectivity index (χ0v) is 11.9. The van der Waals surface area contributed by atoms with Gasteiger partial charge in [-0.1, -0.05) is 6.92 Å². The van der Waals surface area contributed by atoms with E-state index in [2.05, 4.69) is 38.2 Å². The number of benzene rings is 1. The van der Waals surface area contributed by atoms with E-state index in [1.54, 1.807) is 0 Å². The Labute approximate surface area is 109 Å². The second kappa shape index (κ2) is 4.30. The molecule has 1 aromatic carbocycles. The topological polar surface area (TPSA) is 32.3 Å². The fraction of sp³-hybridized carbons (Fsp3) is 0.533. The Hall–Kier alpha value is -1.51. The maximum Gasteiger partial charge on any atom is 0.252 e. The number of nitrogens with one attached hydrogen (secondary N) is 1. The van der Waals surface area contributed by atoms with Crippen molar-refractivity contribution in [3.63, 3.8) is 0 Å². The van der Waals surface area contributed by atoms with E-state index < -0.39 is 5.54 Å². The smallest absolute Gasteiger partial charge is 0.252 e. The van der Waals surface area contributed by atoms with Gasteiger partial charge >= 0.3 is 0 Å². The normalized spacial score (nSPS) is 17.4. The molecule has 18 heavy (non-hydrogen) atoms. The lowest BCUT2D eigenvalue weighted by Crippen LogP contribution is -2.54. The van der Waals surface area contributed by atoms with Gasteiger partial charge in [0.2, 0.25) is 0 Å². The largest absolute Gasteiger partial charge is 0.370 e. The molecule has 1 aliphatic rings. The minimum Gasteiger partial charge on any atom is -0.370 e. The monoisotopic (exact) mass is 246 g/mol. The number of carbonyl (C=O) groups is 1. The molecule has 1 amide bonds. The summed E-state index contributed by atoms with van der Waals surface area (Å²) in [5.41, 5.74) is 4.04. The van der Waals surface area contributed by atoms with Gasteiger partial charge in [-0.15, -0.1) is 0 Å². The van der Waals surface area contributed by atoms with Gasteiger partial charge in [0.25, 0.3) is 5.91 Å². The first-order chi connectivity index (χ1) is 8.36. The molecule has 98 valence electrons. The summed E-state index contributed by atoms with van der Waals surface area (Å²) in [5, 5.41) is 3.35. The summed E-state index contributed by atoms with van der Waals surface area (Å²) < 4.78 is 0. The SMILES string of the molecule is CCCN1C(=O)C(C)(C)Nc2cc(C)c(C)cc21. The third-order valence-corrected chi connectivity index (χ3v) is 3.58. The fourth-order valence-electron chi connectivity index (χ4n) is 2.41. The quantitative estimate of drug-likeness (QED) is 0.868. The van der Waals surface area contributed by atoms with Crippen LogP contribution in [0.15, 0.2) is 12.1 Å². The van der Waals surface area contributed by atoms with Crippen LogP contribution in [0.5, 0.6) is 0 Å². The van der Waals surface area contributed by atoms with Gasteiger partial charge in [-0.3, -0.25) is 4.79 Å². The summed E-state index contributed by atoms with van der Waals surface area (Å²) in [7, 11) is 0. The number of amides is 1. The number of hydrogen-bond acceptors (Lipinski definition) is 2. The molecule has 0 atom stereocenters. The zero-order chi connectivity index (χ0) is 13.5. The number of nitrogens with zero attached hydrogens (tertiary/aromatic N) is 1. The molecule has 1 N–H and O–H groups in total. The van der Waals surface area contributed by atoms with E-state index in [-0.39, 0.29) is 5.91 Å². The van der Waals surface area contributed by atoms with E-state index in [0.29, 0.717) is 0 Å².